The molecule has 1 amide bonds. The van der Waals surface area contributed by atoms with Crippen molar-refractivity contribution in [1.29, 1.82) is 0 Å². The normalized spacial score (nSPS) is 20.7. The second-order valence-corrected chi connectivity index (χ2v) is 3.97. The van der Waals surface area contributed by atoms with Crippen LogP contribution in [0.25, 0.3) is 0 Å². The van der Waals surface area contributed by atoms with Crippen LogP contribution in [0.3, 0.4) is 0 Å². The average molecular weight is 230 g/mol. The minimum Gasteiger partial charge on any atom is -0.382 e. The second-order valence-electron chi connectivity index (χ2n) is 3.97. The van der Waals surface area contributed by atoms with Gasteiger partial charge in [0.25, 0.3) is 0 Å². The first-order valence-corrected chi connectivity index (χ1v) is 5.89. The maximum Gasteiger partial charge on any atom is 0.222 e. The zero-order chi connectivity index (χ0) is 11.6. The summed E-state index contributed by atoms with van der Waals surface area (Å²) in [5.41, 5.74) is 0. The molecule has 0 aromatic heterocycles. The third-order valence-electron chi connectivity index (χ3n) is 2.57. The Labute approximate surface area is 96.9 Å². The fraction of sp³-hybridized carbons (Fsp3) is 0.909. The summed E-state index contributed by atoms with van der Waals surface area (Å²) in [6.45, 7) is 3.54. The number of amides is 1. The predicted octanol–water partition coefficient (Wildman–Crippen LogP) is -0.0923. The van der Waals surface area contributed by atoms with Gasteiger partial charge in [0, 0.05) is 26.1 Å². The van der Waals surface area contributed by atoms with Gasteiger partial charge in [-0.25, -0.2) is 0 Å². The Morgan fingerprint density at radius 3 is 3.00 bits per heavy atom. The van der Waals surface area contributed by atoms with Gasteiger partial charge in [0.1, 0.15) is 0 Å². The molecule has 0 saturated carbocycles. The Balaban J connectivity index is 1.97. The molecule has 0 radical (unpaired) electrons. The van der Waals surface area contributed by atoms with Gasteiger partial charge < -0.3 is 20.1 Å². The molecule has 0 spiro atoms. The van der Waals surface area contributed by atoms with E-state index < -0.39 is 0 Å². The van der Waals surface area contributed by atoms with Crippen molar-refractivity contribution in [2.75, 3.05) is 40.0 Å². The van der Waals surface area contributed by atoms with Crippen molar-refractivity contribution in [3.63, 3.8) is 0 Å². The molecule has 1 aliphatic heterocycles. The van der Waals surface area contributed by atoms with Crippen molar-refractivity contribution < 1.29 is 14.3 Å². The lowest BCUT2D eigenvalue weighted by Crippen LogP contribution is -2.45. The molecule has 5 nitrogen and oxygen atoms in total. The Kier molecular flexibility index (Phi) is 7.12. The summed E-state index contributed by atoms with van der Waals surface area (Å²) in [6, 6.07) is 0.292. The highest BCUT2D eigenvalue weighted by Crippen LogP contribution is 2.01. The van der Waals surface area contributed by atoms with Crippen molar-refractivity contribution in [3.05, 3.63) is 0 Å². The van der Waals surface area contributed by atoms with E-state index in [4.69, 9.17) is 9.47 Å². The maximum absolute atomic E-state index is 11.5. The highest BCUT2D eigenvalue weighted by atomic mass is 16.5. The van der Waals surface area contributed by atoms with Crippen LogP contribution in [-0.2, 0) is 14.3 Å². The highest BCUT2D eigenvalue weighted by molar-refractivity contribution is 5.76. The minimum absolute atomic E-state index is 0.0751. The number of hydrogen-bond donors (Lipinski definition) is 2. The van der Waals surface area contributed by atoms with E-state index in [1.807, 2.05) is 0 Å². The summed E-state index contributed by atoms with van der Waals surface area (Å²) >= 11 is 0. The highest BCUT2D eigenvalue weighted by Gasteiger charge is 2.14. The molecule has 0 unspecified atom stereocenters. The van der Waals surface area contributed by atoms with Gasteiger partial charge in [0.15, 0.2) is 0 Å². The van der Waals surface area contributed by atoms with E-state index >= 15 is 0 Å². The van der Waals surface area contributed by atoms with Gasteiger partial charge in [-0.2, -0.15) is 0 Å². The Morgan fingerprint density at radius 2 is 2.31 bits per heavy atom. The van der Waals surface area contributed by atoms with Crippen LogP contribution in [0, 0.1) is 0 Å². The monoisotopic (exact) mass is 230 g/mol. The van der Waals surface area contributed by atoms with Gasteiger partial charge in [0.2, 0.25) is 5.91 Å². The zero-order valence-electron chi connectivity index (χ0n) is 9.96. The number of ether oxygens (including phenoxy) is 2. The first kappa shape index (κ1) is 13.4. The van der Waals surface area contributed by atoms with Crippen molar-refractivity contribution in [2.45, 2.75) is 25.3 Å². The van der Waals surface area contributed by atoms with Crippen molar-refractivity contribution >= 4 is 5.91 Å². The van der Waals surface area contributed by atoms with Gasteiger partial charge in [0.05, 0.1) is 19.8 Å². The molecule has 16 heavy (non-hydrogen) atoms. The lowest BCUT2D eigenvalue weighted by molar-refractivity contribution is -0.123. The van der Waals surface area contributed by atoms with Crippen LogP contribution in [0.15, 0.2) is 0 Å². The second kappa shape index (κ2) is 8.50. The van der Waals surface area contributed by atoms with E-state index in [-0.39, 0.29) is 5.91 Å². The molecular weight excluding hydrogens is 208 g/mol. The molecule has 2 N–H and O–H groups in total. The molecule has 1 aliphatic rings. The fourth-order valence-electron chi connectivity index (χ4n) is 1.68. The molecule has 1 rings (SSSR count). The predicted molar refractivity (Wildman–Crippen MR) is 61.3 cm³/mol. The van der Waals surface area contributed by atoms with Crippen LogP contribution in [0.4, 0.5) is 0 Å². The smallest absolute Gasteiger partial charge is 0.222 e. The van der Waals surface area contributed by atoms with E-state index in [1.54, 1.807) is 7.11 Å². The largest absolute Gasteiger partial charge is 0.382 e. The van der Waals surface area contributed by atoms with Crippen molar-refractivity contribution in [1.82, 2.24) is 10.6 Å². The maximum atomic E-state index is 11.5. The standard InChI is InChI=1S/C11H22N2O3/c1-15-7-8-16-6-4-11(14)13-10-3-2-5-12-9-10/h10,12H,2-9H2,1H3,(H,13,14)/t10-/m0/s1. The number of carbonyl (C=O) groups is 1. The van der Waals surface area contributed by atoms with Crippen LogP contribution in [0.5, 0.6) is 0 Å². The summed E-state index contributed by atoms with van der Waals surface area (Å²) in [6.07, 6.45) is 2.64. The van der Waals surface area contributed by atoms with E-state index in [0.717, 1.165) is 25.9 Å². The van der Waals surface area contributed by atoms with E-state index in [0.29, 0.717) is 32.3 Å². The van der Waals surface area contributed by atoms with Crippen molar-refractivity contribution in [2.24, 2.45) is 0 Å². The van der Waals surface area contributed by atoms with Crippen molar-refractivity contribution in [3.8, 4) is 0 Å². The third kappa shape index (κ3) is 6.05. The van der Waals surface area contributed by atoms with Crippen LogP contribution >= 0.6 is 0 Å². The Bertz CT molecular complexity index is 194. The van der Waals surface area contributed by atoms with E-state index in [1.165, 1.54) is 0 Å². The molecule has 5 heteroatoms. The molecule has 1 saturated heterocycles. The Hall–Kier alpha value is -0.650. The number of carbonyl (C=O) groups excluding carboxylic acids is 1. The number of methoxy groups -OCH3 is 1. The van der Waals surface area contributed by atoms with E-state index in [9.17, 15) is 4.79 Å². The SMILES string of the molecule is COCCOCCC(=O)N[C@H]1CCCNC1. The topological polar surface area (TPSA) is 59.6 Å². The Morgan fingerprint density at radius 1 is 1.44 bits per heavy atom. The summed E-state index contributed by atoms with van der Waals surface area (Å²) < 4.78 is 10.1. The van der Waals surface area contributed by atoms with E-state index in [2.05, 4.69) is 10.6 Å². The molecule has 0 bridgehead atoms. The average Bonchev–Trinajstić information content (AvgIpc) is 2.30. The lowest BCUT2D eigenvalue weighted by atomic mass is 10.1. The summed E-state index contributed by atoms with van der Waals surface area (Å²) in [7, 11) is 1.63. The number of hydrogen-bond acceptors (Lipinski definition) is 4. The number of rotatable bonds is 7. The molecule has 94 valence electrons. The first-order chi connectivity index (χ1) is 7.83. The third-order valence-corrected chi connectivity index (χ3v) is 2.57. The molecule has 0 aromatic rings. The summed E-state index contributed by atoms with van der Waals surface area (Å²) in [5, 5.41) is 6.26. The number of nitrogens with one attached hydrogen (secondary N) is 2. The fourth-order valence-corrected chi connectivity index (χ4v) is 1.68. The molecular formula is C11H22N2O3. The van der Waals surface area contributed by atoms with Gasteiger partial charge >= 0.3 is 0 Å². The quantitative estimate of drug-likeness (QED) is 0.600. The molecule has 0 aliphatic carbocycles. The van der Waals surface area contributed by atoms with Crippen LogP contribution in [0.1, 0.15) is 19.3 Å². The molecule has 1 fully saturated rings. The molecule has 1 heterocycles. The van der Waals surface area contributed by atoms with Gasteiger partial charge in [-0.15, -0.1) is 0 Å². The molecule has 1 atom stereocenters. The summed E-state index contributed by atoms with van der Waals surface area (Å²) in [5.74, 6) is 0.0751. The molecule has 0 aromatic carbocycles. The van der Waals surface area contributed by atoms with Crippen LogP contribution in [0.2, 0.25) is 0 Å². The van der Waals surface area contributed by atoms with Gasteiger partial charge in [-0.1, -0.05) is 0 Å². The zero-order valence-corrected chi connectivity index (χ0v) is 9.96. The van der Waals surface area contributed by atoms with Crippen LogP contribution < -0.4 is 10.6 Å². The lowest BCUT2D eigenvalue weighted by Gasteiger charge is -2.23. The number of piperidine rings is 1. The summed E-state index contributed by atoms with van der Waals surface area (Å²) in [4.78, 5) is 11.5. The van der Waals surface area contributed by atoms with Gasteiger partial charge in [-0.05, 0) is 19.4 Å². The first-order valence-electron chi connectivity index (χ1n) is 5.89. The minimum atomic E-state index is 0.0751. The van der Waals surface area contributed by atoms with Crippen LogP contribution in [-0.4, -0.2) is 52.0 Å². The van der Waals surface area contributed by atoms with Gasteiger partial charge in [-0.3, -0.25) is 4.79 Å².